The molecule has 0 radical (unpaired) electrons. The van der Waals surface area contributed by atoms with Gasteiger partial charge in [-0.25, -0.2) is 8.42 Å². The largest absolute Gasteiger partial charge is 0.435 e. The van der Waals surface area contributed by atoms with Crippen LogP contribution in [-0.2, 0) is 29.8 Å². The highest BCUT2D eigenvalue weighted by Gasteiger charge is 2.38. The first-order chi connectivity index (χ1) is 10.4. The first-order valence-corrected chi connectivity index (χ1v) is 7.66. The summed E-state index contributed by atoms with van der Waals surface area (Å²) < 4.78 is 70.0. The van der Waals surface area contributed by atoms with E-state index in [0.717, 1.165) is 22.2 Å². The first kappa shape index (κ1) is 17.3. The number of anilines is 1. The van der Waals surface area contributed by atoms with E-state index in [1.165, 1.54) is 14.0 Å². The number of alkyl halides is 3. The average molecular weight is 353 g/mol. The van der Waals surface area contributed by atoms with Crippen molar-refractivity contribution in [3.8, 4) is 0 Å². The standard InChI is InChI=1S/C11H14F3N5O3S/c1-6-8(10(15)17-22-6)23(20,21)19(3)5-7-4-18(2)16-9(7)11(12,13)14/h4H,5H2,1-3H3,(H2,15,17). The smallest absolute Gasteiger partial charge is 0.380 e. The van der Waals surface area contributed by atoms with Crippen LogP contribution in [0.2, 0.25) is 0 Å². The maximum atomic E-state index is 12.9. The molecule has 0 saturated carbocycles. The van der Waals surface area contributed by atoms with Crippen LogP contribution < -0.4 is 5.73 Å². The molecule has 0 unspecified atom stereocenters. The summed E-state index contributed by atoms with van der Waals surface area (Å²) in [5, 5.41) is 6.66. The molecule has 0 fully saturated rings. The van der Waals surface area contributed by atoms with Crippen molar-refractivity contribution in [2.75, 3.05) is 12.8 Å². The third kappa shape index (κ3) is 3.17. The van der Waals surface area contributed by atoms with Crippen molar-refractivity contribution in [1.82, 2.24) is 19.2 Å². The predicted octanol–water partition coefficient (Wildman–Crippen LogP) is 1.14. The van der Waals surface area contributed by atoms with Gasteiger partial charge in [-0.3, -0.25) is 4.68 Å². The molecular weight excluding hydrogens is 339 g/mol. The van der Waals surface area contributed by atoms with Crippen molar-refractivity contribution in [3.63, 3.8) is 0 Å². The fourth-order valence-electron chi connectivity index (χ4n) is 2.07. The lowest BCUT2D eigenvalue weighted by Gasteiger charge is -2.17. The number of nitrogens with zero attached hydrogens (tertiary/aromatic N) is 4. The van der Waals surface area contributed by atoms with Crippen molar-refractivity contribution in [3.05, 3.63) is 23.2 Å². The van der Waals surface area contributed by atoms with Crippen LogP contribution in [-0.4, -0.2) is 34.7 Å². The van der Waals surface area contributed by atoms with E-state index in [2.05, 4.69) is 14.8 Å². The van der Waals surface area contributed by atoms with Gasteiger partial charge in [0.25, 0.3) is 0 Å². The number of hydrogen-bond donors (Lipinski definition) is 1. The Morgan fingerprint density at radius 2 is 2.04 bits per heavy atom. The van der Waals surface area contributed by atoms with Crippen LogP contribution in [0.4, 0.5) is 19.0 Å². The molecule has 0 atom stereocenters. The Hall–Kier alpha value is -2.08. The van der Waals surface area contributed by atoms with Crippen LogP contribution in [0.1, 0.15) is 17.0 Å². The predicted molar refractivity (Wildman–Crippen MR) is 72.5 cm³/mol. The summed E-state index contributed by atoms with van der Waals surface area (Å²) in [6.07, 6.45) is -3.58. The number of nitrogen functional groups attached to an aromatic ring is 1. The molecule has 0 aliphatic heterocycles. The minimum atomic E-state index is -4.69. The molecule has 0 amide bonds. The number of hydrogen-bond acceptors (Lipinski definition) is 6. The van der Waals surface area contributed by atoms with Crippen molar-refractivity contribution >= 4 is 15.8 Å². The lowest BCUT2D eigenvalue weighted by molar-refractivity contribution is -0.142. The summed E-state index contributed by atoms with van der Waals surface area (Å²) in [4.78, 5) is -0.363. The third-order valence-corrected chi connectivity index (χ3v) is 5.03. The van der Waals surface area contributed by atoms with E-state index in [4.69, 9.17) is 5.73 Å². The number of aromatic nitrogens is 3. The molecule has 0 aliphatic carbocycles. The van der Waals surface area contributed by atoms with E-state index in [1.54, 1.807) is 0 Å². The van der Waals surface area contributed by atoms with Gasteiger partial charge in [0.15, 0.2) is 22.2 Å². The van der Waals surface area contributed by atoms with Crippen LogP contribution in [0.5, 0.6) is 0 Å². The van der Waals surface area contributed by atoms with Gasteiger partial charge < -0.3 is 10.3 Å². The topological polar surface area (TPSA) is 107 Å². The molecule has 23 heavy (non-hydrogen) atoms. The zero-order valence-electron chi connectivity index (χ0n) is 12.4. The highest BCUT2D eigenvalue weighted by molar-refractivity contribution is 7.89. The van der Waals surface area contributed by atoms with E-state index < -0.39 is 28.4 Å². The van der Waals surface area contributed by atoms with Crippen LogP contribution in [0, 0.1) is 6.92 Å². The summed E-state index contributed by atoms with van der Waals surface area (Å²) in [5.74, 6) is -0.395. The molecule has 0 aromatic carbocycles. The monoisotopic (exact) mass is 353 g/mol. The summed E-state index contributed by atoms with van der Waals surface area (Å²) in [6.45, 7) is 0.810. The zero-order valence-corrected chi connectivity index (χ0v) is 13.2. The molecule has 0 bridgehead atoms. The molecule has 0 saturated heterocycles. The highest BCUT2D eigenvalue weighted by Crippen LogP contribution is 2.32. The van der Waals surface area contributed by atoms with Gasteiger partial charge in [0, 0.05) is 32.4 Å². The summed E-state index contributed by atoms with van der Waals surface area (Å²) in [6, 6.07) is 0. The van der Waals surface area contributed by atoms with Crippen molar-refractivity contribution in [2.45, 2.75) is 24.5 Å². The molecule has 8 nitrogen and oxygen atoms in total. The second-order valence-electron chi connectivity index (χ2n) is 4.89. The quantitative estimate of drug-likeness (QED) is 0.883. The summed E-state index contributed by atoms with van der Waals surface area (Å²) >= 11 is 0. The Kier molecular flexibility index (Phi) is 4.15. The van der Waals surface area contributed by atoms with Gasteiger partial charge in [0.05, 0.1) is 0 Å². The number of sulfonamides is 1. The second kappa shape index (κ2) is 5.53. The fourth-order valence-corrected chi connectivity index (χ4v) is 3.39. The fraction of sp³-hybridized carbons (Fsp3) is 0.455. The third-order valence-electron chi connectivity index (χ3n) is 3.07. The second-order valence-corrected chi connectivity index (χ2v) is 6.87. The van der Waals surface area contributed by atoms with E-state index in [-0.39, 0.29) is 22.0 Å². The number of aryl methyl sites for hydroxylation is 2. The Bertz CT molecular complexity index is 805. The number of halogens is 3. The summed E-state index contributed by atoms with van der Waals surface area (Å²) in [5.41, 5.74) is 4.03. The lowest BCUT2D eigenvalue weighted by atomic mass is 10.2. The number of rotatable bonds is 4. The van der Waals surface area contributed by atoms with Crippen LogP contribution >= 0.6 is 0 Å². The maximum absolute atomic E-state index is 12.9. The molecular formula is C11H14F3N5O3S. The SMILES string of the molecule is Cc1onc(N)c1S(=O)(=O)N(C)Cc1cn(C)nc1C(F)(F)F. The van der Waals surface area contributed by atoms with Gasteiger partial charge in [-0.05, 0) is 6.92 Å². The van der Waals surface area contributed by atoms with Gasteiger partial charge in [0.2, 0.25) is 10.0 Å². The minimum absolute atomic E-state index is 0.0448. The number of nitrogens with two attached hydrogens (primary N) is 1. The summed E-state index contributed by atoms with van der Waals surface area (Å²) in [7, 11) is -1.71. The van der Waals surface area contributed by atoms with Gasteiger partial charge >= 0.3 is 6.18 Å². The molecule has 128 valence electrons. The molecule has 2 heterocycles. The molecule has 2 N–H and O–H groups in total. The minimum Gasteiger partial charge on any atom is -0.380 e. The van der Waals surface area contributed by atoms with Gasteiger partial charge in [-0.2, -0.15) is 22.6 Å². The van der Waals surface area contributed by atoms with Crippen LogP contribution in [0.15, 0.2) is 15.6 Å². The molecule has 0 spiro atoms. The lowest BCUT2D eigenvalue weighted by Crippen LogP contribution is -2.28. The van der Waals surface area contributed by atoms with Crippen molar-refractivity contribution < 1.29 is 26.1 Å². The first-order valence-electron chi connectivity index (χ1n) is 6.22. The van der Waals surface area contributed by atoms with Crippen molar-refractivity contribution in [1.29, 1.82) is 0 Å². The van der Waals surface area contributed by atoms with Crippen LogP contribution in [0.25, 0.3) is 0 Å². The Morgan fingerprint density at radius 1 is 1.43 bits per heavy atom. The van der Waals surface area contributed by atoms with E-state index >= 15 is 0 Å². The average Bonchev–Trinajstić information content (AvgIpc) is 2.92. The molecule has 0 aliphatic rings. The molecule has 2 rings (SSSR count). The van der Waals surface area contributed by atoms with Gasteiger partial charge in [0.1, 0.15) is 0 Å². The highest BCUT2D eigenvalue weighted by atomic mass is 32.2. The van der Waals surface area contributed by atoms with Gasteiger partial charge in [-0.1, -0.05) is 5.16 Å². The normalized spacial score (nSPS) is 13.0. The van der Waals surface area contributed by atoms with Crippen molar-refractivity contribution in [2.24, 2.45) is 7.05 Å². The Balaban J connectivity index is 2.38. The molecule has 12 heteroatoms. The zero-order chi connectivity index (χ0) is 17.6. The van der Waals surface area contributed by atoms with E-state index in [0.29, 0.717) is 0 Å². The van der Waals surface area contributed by atoms with Crippen LogP contribution in [0.3, 0.4) is 0 Å². The Labute approximate surface area is 129 Å². The molecule has 2 aromatic heterocycles. The van der Waals surface area contributed by atoms with Gasteiger partial charge in [-0.15, -0.1) is 0 Å². The molecule has 2 aromatic rings. The van der Waals surface area contributed by atoms with E-state index in [1.807, 2.05) is 0 Å². The maximum Gasteiger partial charge on any atom is 0.435 e. The van der Waals surface area contributed by atoms with E-state index in [9.17, 15) is 21.6 Å². The Morgan fingerprint density at radius 3 is 2.52 bits per heavy atom.